The monoisotopic (exact) mass is 712 g/mol. The second-order valence-electron chi connectivity index (χ2n) is 14.2. The zero-order chi connectivity index (χ0) is 35.8. The lowest BCUT2D eigenvalue weighted by atomic mass is 9.67. The number of halogens is 1. The summed E-state index contributed by atoms with van der Waals surface area (Å²) in [4.78, 5) is 7.24. The van der Waals surface area contributed by atoms with E-state index in [0.717, 1.165) is 40.3 Å². The van der Waals surface area contributed by atoms with Gasteiger partial charge in [-0.2, -0.15) is 0 Å². The molecule has 0 saturated carbocycles. The molecule has 4 heteroatoms. The molecule has 0 N–H and O–H groups in total. The molecular formula is C50H33FN2S. The van der Waals surface area contributed by atoms with Crippen LogP contribution in [0.1, 0.15) is 27.8 Å². The number of nitrogens with zero attached hydrogens (tertiary/aromatic N) is 2. The van der Waals surface area contributed by atoms with Gasteiger partial charge in [0.25, 0.3) is 0 Å². The molecule has 0 saturated heterocycles. The molecule has 2 aliphatic heterocycles. The zero-order valence-corrected chi connectivity index (χ0v) is 30.1. The Balaban J connectivity index is 1.13. The van der Waals surface area contributed by atoms with Crippen molar-refractivity contribution in [3.05, 3.63) is 222 Å². The number of hydrogen-bond donors (Lipinski definition) is 0. The fraction of sp³-hybridized carbons (Fsp3) is 0.0400. The maximum Gasteiger partial charge on any atom is 0.123 e. The van der Waals surface area contributed by atoms with E-state index in [1.54, 1.807) is 12.1 Å². The third-order valence-electron chi connectivity index (χ3n) is 11.4. The van der Waals surface area contributed by atoms with E-state index in [-0.39, 0.29) is 5.82 Å². The summed E-state index contributed by atoms with van der Waals surface area (Å²) in [7, 11) is 0. The number of anilines is 5. The summed E-state index contributed by atoms with van der Waals surface area (Å²) in [5.74, 6) is -0.218. The summed E-state index contributed by atoms with van der Waals surface area (Å²) < 4.78 is 15.1. The van der Waals surface area contributed by atoms with Gasteiger partial charge in [-0.25, -0.2) is 4.39 Å². The van der Waals surface area contributed by atoms with Gasteiger partial charge in [-0.05, 0) is 123 Å². The molecule has 0 radical (unpaired) electrons. The average Bonchev–Trinajstić information content (AvgIpc) is 3.51. The minimum absolute atomic E-state index is 0.218. The molecule has 2 nitrogen and oxygen atoms in total. The van der Waals surface area contributed by atoms with Crippen molar-refractivity contribution in [1.29, 1.82) is 0 Å². The van der Waals surface area contributed by atoms with Crippen LogP contribution < -0.4 is 9.80 Å². The molecule has 0 bridgehead atoms. The summed E-state index contributed by atoms with van der Waals surface area (Å²) in [5.41, 5.74) is 15.6. The predicted molar refractivity (Wildman–Crippen MR) is 220 cm³/mol. The summed E-state index contributed by atoms with van der Waals surface area (Å²) >= 11 is 1.82. The third-order valence-corrected chi connectivity index (χ3v) is 12.5. The molecule has 0 amide bonds. The Labute approximate surface area is 318 Å². The average molecular weight is 713 g/mol. The van der Waals surface area contributed by atoms with Crippen molar-refractivity contribution in [2.75, 3.05) is 9.80 Å². The number of fused-ring (bicyclic) bond motifs is 12. The van der Waals surface area contributed by atoms with E-state index in [4.69, 9.17) is 0 Å². The van der Waals surface area contributed by atoms with E-state index in [2.05, 4.69) is 180 Å². The van der Waals surface area contributed by atoms with E-state index < -0.39 is 5.41 Å². The van der Waals surface area contributed by atoms with Crippen molar-refractivity contribution in [1.82, 2.24) is 0 Å². The highest BCUT2D eigenvalue weighted by molar-refractivity contribution is 7.99. The van der Waals surface area contributed by atoms with Crippen molar-refractivity contribution < 1.29 is 4.39 Å². The van der Waals surface area contributed by atoms with Gasteiger partial charge < -0.3 is 9.80 Å². The van der Waals surface area contributed by atoms with Gasteiger partial charge in [0.05, 0.1) is 5.41 Å². The predicted octanol–water partition coefficient (Wildman–Crippen LogP) is 13.4. The third kappa shape index (κ3) is 4.53. The molecule has 54 heavy (non-hydrogen) atoms. The van der Waals surface area contributed by atoms with Gasteiger partial charge >= 0.3 is 0 Å². The number of para-hydroxylation sites is 3. The van der Waals surface area contributed by atoms with Crippen molar-refractivity contribution in [3.8, 4) is 22.3 Å². The second-order valence-corrected chi connectivity index (χ2v) is 15.3. The van der Waals surface area contributed by atoms with Crippen molar-refractivity contribution >= 4 is 40.2 Å². The smallest absolute Gasteiger partial charge is 0.123 e. The van der Waals surface area contributed by atoms with E-state index >= 15 is 4.39 Å². The molecule has 256 valence electrons. The largest absolute Gasteiger partial charge is 0.336 e. The van der Waals surface area contributed by atoms with E-state index in [0.29, 0.717) is 0 Å². The van der Waals surface area contributed by atoms with E-state index in [1.165, 1.54) is 54.5 Å². The van der Waals surface area contributed by atoms with Crippen molar-refractivity contribution in [2.45, 2.75) is 21.8 Å². The standard InChI is InChI=1S/C50H33FN2S/c51-34-23-27-44-42(30-34)40-17-7-9-19-43(40)50(44)45-20-10-12-22-48(45)54-49-28-25-38(31-46(49)50)53(36-15-5-2-6-16-36)37-24-26-39-33(29-37)32-52(35-13-3-1-4-14-35)47-21-11-8-18-41(39)47/h1-31H,32H2. The molecule has 2 heterocycles. The topological polar surface area (TPSA) is 6.48 Å². The summed E-state index contributed by atoms with van der Waals surface area (Å²) in [6, 6.07) is 66.6. The molecule has 8 aromatic rings. The Kier molecular flexibility index (Phi) is 6.98. The number of hydrogen-bond acceptors (Lipinski definition) is 3. The lowest BCUT2D eigenvalue weighted by molar-refractivity contribution is 0.626. The first kappa shape index (κ1) is 31.2. The van der Waals surface area contributed by atoms with Gasteiger partial charge in [-0.1, -0.05) is 121 Å². The first-order valence-electron chi connectivity index (χ1n) is 18.4. The highest BCUT2D eigenvalue weighted by atomic mass is 32.2. The van der Waals surface area contributed by atoms with Crippen LogP contribution in [-0.4, -0.2) is 0 Å². The van der Waals surface area contributed by atoms with Crippen LogP contribution in [0.5, 0.6) is 0 Å². The zero-order valence-electron chi connectivity index (χ0n) is 29.3. The van der Waals surface area contributed by atoms with Crippen LogP contribution in [0.2, 0.25) is 0 Å². The summed E-state index contributed by atoms with van der Waals surface area (Å²) in [6.07, 6.45) is 0. The highest BCUT2D eigenvalue weighted by Crippen LogP contribution is 2.62. The molecule has 11 rings (SSSR count). The first-order valence-corrected chi connectivity index (χ1v) is 19.2. The van der Waals surface area contributed by atoms with Crippen LogP contribution in [0.3, 0.4) is 0 Å². The van der Waals surface area contributed by atoms with Crippen LogP contribution in [0.15, 0.2) is 198 Å². The summed E-state index contributed by atoms with van der Waals surface area (Å²) in [5, 5.41) is 0. The van der Waals surface area contributed by atoms with Gasteiger partial charge in [-0.3, -0.25) is 0 Å². The fourth-order valence-corrected chi connectivity index (χ4v) is 10.3. The second kappa shape index (κ2) is 12.1. The number of rotatable bonds is 4. The molecule has 8 aromatic carbocycles. The maximum atomic E-state index is 15.1. The van der Waals surface area contributed by atoms with Crippen LogP contribution in [0, 0.1) is 5.82 Å². The minimum Gasteiger partial charge on any atom is -0.336 e. The van der Waals surface area contributed by atoms with Gasteiger partial charge in [0.1, 0.15) is 5.82 Å². The van der Waals surface area contributed by atoms with Gasteiger partial charge in [0.2, 0.25) is 0 Å². The van der Waals surface area contributed by atoms with Gasteiger partial charge in [0.15, 0.2) is 0 Å². The minimum atomic E-state index is -0.606. The molecule has 1 unspecified atom stereocenters. The van der Waals surface area contributed by atoms with E-state index in [9.17, 15) is 0 Å². The molecular weight excluding hydrogens is 680 g/mol. The van der Waals surface area contributed by atoms with Crippen LogP contribution in [0.25, 0.3) is 22.3 Å². The van der Waals surface area contributed by atoms with Crippen molar-refractivity contribution in [2.24, 2.45) is 0 Å². The molecule has 1 atom stereocenters. The molecule has 1 aliphatic carbocycles. The van der Waals surface area contributed by atoms with Gasteiger partial charge in [0, 0.05) is 50.3 Å². The van der Waals surface area contributed by atoms with Crippen LogP contribution in [0.4, 0.5) is 32.8 Å². The Morgan fingerprint density at radius 3 is 1.96 bits per heavy atom. The molecule has 0 aromatic heterocycles. The first-order chi connectivity index (χ1) is 26.7. The SMILES string of the molecule is Fc1ccc2c(c1)-c1ccccc1C21c2ccccc2Sc2ccc(N(c3ccccc3)c3ccc4c(c3)CN(c3ccccc3)c3ccccc3-4)cc21. The van der Waals surface area contributed by atoms with Crippen LogP contribution >= 0.6 is 11.8 Å². The maximum absolute atomic E-state index is 15.1. The number of benzene rings is 8. The van der Waals surface area contributed by atoms with Crippen LogP contribution in [-0.2, 0) is 12.0 Å². The molecule has 3 aliphatic rings. The van der Waals surface area contributed by atoms with Crippen molar-refractivity contribution in [3.63, 3.8) is 0 Å². The Bertz CT molecular complexity index is 2760. The highest BCUT2D eigenvalue weighted by Gasteiger charge is 2.50. The quantitative estimate of drug-likeness (QED) is 0.179. The molecule has 0 fully saturated rings. The Morgan fingerprint density at radius 2 is 1.11 bits per heavy atom. The normalized spacial score (nSPS) is 15.8. The fourth-order valence-electron chi connectivity index (χ4n) is 9.17. The Morgan fingerprint density at radius 1 is 0.463 bits per heavy atom. The van der Waals surface area contributed by atoms with E-state index in [1.807, 2.05) is 17.8 Å². The van der Waals surface area contributed by atoms with Gasteiger partial charge in [-0.15, -0.1) is 0 Å². The lowest BCUT2D eigenvalue weighted by Crippen LogP contribution is -2.32. The Hall–Kier alpha value is -6.36. The molecule has 1 spiro atoms. The summed E-state index contributed by atoms with van der Waals surface area (Å²) in [6.45, 7) is 0.762. The lowest BCUT2D eigenvalue weighted by Gasteiger charge is -2.40.